The lowest BCUT2D eigenvalue weighted by Crippen LogP contribution is -2.21. The SMILES string of the molecule is O=C(O)c1cccc(Cn2ncccc2=O)c1. The highest BCUT2D eigenvalue weighted by molar-refractivity contribution is 5.87. The molecular formula is C12H10N2O3. The number of aromatic nitrogens is 2. The van der Waals surface area contributed by atoms with Crippen LogP contribution in [0.5, 0.6) is 0 Å². The Bertz CT molecular complexity index is 604. The van der Waals surface area contributed by atoms with Crippen LogP contribution in [0.1, 0.15) is 15.9 Å². The first-order valence-corrected chi connectivity index (χ1v) is 5.01. The average Bonchev–Trinajstić information content (AvgIpc) is 2.32. The van der Waals surface area contributed by atoms with Crippen molar-refractivity contribution >= 4 is 5.97 Å². The molecule has 17 heavy (non-hydrogen) atoms. The lowest BCUT2D eigenvalue weighted by molar-refractivity contribution is 0.0696. The van der Waals surface area contributed by atoms with E-state index in [4.69, 9.17) is 5.11 Å². The van der Waals surface area contributed by atoms with Crippen LogP contribution in [0.2, 0.25) is 0 Å². The minimum absolute atomic E-state index is 0.200. The van der Waals surface area contributed by atoms with Crippen LogP contribution in [0.4, 0.5) is 0 Å². The summed E-state index contributed by atoms with van der Waals surface area (Å²) in [6.45, 7) is 0.265. The van der Waals surface area contributed by atoms with Crippen molar-refractivity contribution in [2.24, 2.45) is 0 Å². The van der Waals surface area contributed by atoms with Gasteiger partial charge in [-0.3, -0.25) is 4.79 Å². The van der Waals surface area contributed by atoms with Gasteiger partial charge in [-0.2, -0.15) is 5.10 Å². The third-order valence-corrected chi connectivity index (χ3v) is 2.29. The van der Waals surface area contributed by atoms with E-state index in [-0.39, 0.29) is 17.7 Å². The third kappa shape index (κ3) is 2.57. The normalized spacial score (nSPS) is 10.1. The molecule has 1 aromatic heterocycles. The van der Waals surface area contributed by atoms with E-state index in [1.165, 1.54) is 29.1 Å². The van der Waals surface area contributed by atoms with Crippen molar-refractivity contribution in [2.45, 2.75) is 6.54 Å². The van der Waals surface area contributed by atoms with E-state index in [1.807, 2.05) is 0 Å². The average molecular weight is 230 g/mol. The van der Waals surface area contributed by atoms with Gasteiger partial charge in [0.05, 0.1) is 12.1 Å². The van der Waals surface area contributed by atoms with E-state index in [2.05, 4.69) is 5.10 Å². The number of hydrogen-bond donors (Lipinski definition) is 1. The van der Waals surface area contributed by atoms with Crippen molar-refractivity contribution in [1.82, 2.24) is 9.78 Å². The maximum atomic E-state index is 11.4. The standard InChI is InChI=1S/C12H10N2O3/c15-11-5-2-6-13-14(11)8-9-3-1-4-10(7-9)12(16)17/h1-7H,8H2,(H,16,17). The van der Waals surface area contributed by atoms with Gasteiger partial charge >= 0.3 is 5.97 Å². The Morgan fingerprint density at radius 2 is 2.12 bits per heavy atom. The predicted octanol–water partition coefficient (Wildman–Crippen LogP) is 0.990. The molecule has 0 atom stereocenters. The third-order valence-electron chi connectivity index (χ3n) is 2.29. The molecule has 0 radical (unpaired) electrons. The van der Waals surface area contributed by atoms with Gasteiger partial charge in [0.15, 0.2) is 0 Å². The van der Waals surface area contributed by atoms with Gasteiger partial charge in [-0.25, -0.2) is 9.48 Å². The summed E-state index contributed by atoms with van der Waals surface area (Å²) in [5.74, 6) is -0.986. The molecule has 5 heteroatoms. The second-order valence-electron chi connectivity index (χ2n) is 3.53. The van der Waals surface area contributed by atoms with E-state index in [9.17, 15) is 9.59 Å². The van der Waals surface area contributed by atoms with Crippen molar-refractivity contribution in [1.29, 1.82) is 0 Å². The molecule has 0 amide bonds. The topological polar surface area (TPSA) is 72.2 Å². The minimum atomic E-state index is -0.986. The maximum Gasteiger partial charge on any atom is 0.335 e. The molecule has 0 aliphatic carbocycles. The number of nitrogens with zero attached hydrogens (tertiary/aromatic N) is 2. The van der Waals surface area contributed by atoms with E-state index in [0.29, 0.717) is 0 Å². The monoisotopic (exact) mass is 230 g/mol. The summed E-state index contributed by atoms with van der Waals surface area (Å²) >= 11 is 0. The fourth-order valence-electron chi connectivity index (χ4n) is 1.48. The molecule has 1 heterocycles. The highest BCUT2D eigenvalue weighted by Crippen LogP contribution is 2.05. The van der Waals surface area contributed by atoms with E-state index >= 15 is 0 Å². The number of rotatable bonds is 3. The molecule has 0 fully saturated rings. The van der Waals surface area contributed by atoms with Crippen molar-refractivity contribution < 1.29 is 9.90 Å². The Labute approximate surface area is 97.0 Å². The van der Waals surface area contributed by atoms with Gasteiger partial charge in [-0.1, -0.05) is 12.1 Å². The zero-order chi connectivity index (χ0) is 12.3. The molecule has 2 rings (SSSR count). The first-order chi connectivity index (χ1) is 8.16. The molecule has 2 aromatic rings. The Balaban J connectivity index is 2.31. The number of carboxylic acids is 1. The van der Waals surface area contributed by atoms with Gasteiger partial charge in [0, 0.05) is 12.3 Å². The smallest absolute Gasteiger partial charge is 0.335 e. The van der Waals surface area contributed by atoms with Crippen molar-refractivity contribution in [3.05, 3.63) is 64.1 Å². The minimum Gasteiger partial charge on any atom is -0.478 e. The molecule has 0 aliphatic heterocycles. The molecule has 0 aliphatic rings. The van der Waals surface area contributed by atoms with Crippen LogP contribution in [0, 0.1) is 0 Å². The summed E-state index contributed by atoms with van der Waals surface area (Å²) in [6.07, 6.45) is 1.52. The van der Waals surface area contributed by atoms with Crippen LogP contribution >= 0.6 is 0 Å². The second-order valence-corrected chi connectivity index (χ2v) is 3.53. The first kappa shape index (κ1) is 11.1. The number of carbonyl (C=O) groups is 1. The molecule has 0 saturated carbocycles. The molecule has 0 spiro atoms. The largest absolute Gasteiger partial charge is 0.478 e. The van der Waals surface area contributed by atoms with E-state index < -0.39 is 5.97 Å². The number of hydrogen-bond acceptors (Lipinski definition) is 3. The molecule has 0 unspecified atom stereocenters. The number of aromatic carboxylic acids is 1. The van der Waals surface area contributed by atoms with E-state index in [0.717, 1.165) is 5.56 Å². The summed E-state index contributed by atoms with van der Waals surface area (Å²) in [6, 6.07) is 9.41. The van der Waals surface area contributed by atoms with Crippen molar-refractivity contribution in [2.75, 3.05) is 0 Å². The van der Waals surface area contributed by atoms with Crippen molar-refractivity contribution in [3.63, 3.8) is 0 Å². The zero-order valence-electron chi connectivity index (χ0n) is 8.91. The van der Waals surface area contributed by atoms with Gasteiger partial charge in [-0.15, -0.1) is 0 Å². The Morgan fingerprint density at radius 3 is 2.82 bits per heavy atom. The maximum absolute atomic E-state index is 11.4. The van der Waals surface area contributed by atoms with Crippen LogP contribution in [0.3, 0.4) is 0 Å². The van der Waals surface area contributed by atoms with Gasteiger partial charge in [-0.05, 0) is 23.8 Å². The Kier molecular flexibility index (Phi) is 3.00. The molecule has 86 valence electrons. The second kappa shape index (κ2) is 4.61. The molecule has 1 aromatic carbocycles. The van der Waals surface area contributed by atoms with Crippen LogP contribution in [-0.4, -0.2) is 20.9 Å². The lowest BCUT2D eigenvalue weighted by atomic mass is 10.1. The first-order valence-electron chi connectivity index (χ1n) is 5.01. The van der Waals surface area contributed by atoms with Crippen LogP contribution < -0.4 is 5.56 Å². The quantitative estimate of drug-likeness (QED) is 0.853. The van der Waals surface area contributed by atoms with Crippen LogP contribution in [-0.2, 0) is 6.54 Å². The van der Waals surface area contributed by atoms with Crippen LogP contribution in [0.15, 0.2) is 47.4 Å². The Morgan fingerprint density at radius 1 is 1.29 bits per heavy atom. The highest BCUT2D eigenvalue weighted by atomic mass is 16.4. The summed E-state index contributed by atoms with van der Waals surface area (Å²) < 4.78 is 1.28. The lowest BCUT2D eigenvalue weighted by Gasteiger charge is -2.04. The predicted molar refractivity (Wildman–Crippen MR) is 61.0 cm³/mol. The molecular weight excluding hydrogens is 220 g/mol. The Hall–Kier alpha value is -2.43. The van der Waals surface area contributed by atoms with Gasteiger partial charge < -0.3 is 5.11 Å². The zero-order valence-corrected chi connectivity index (χ0v) is 8.91. The highest BCUT2D eigenvalue weighted by Gasteiger charge is 2.04. The van der Waals surface area contributed by atoms with E-state index in [1.54, 1.807) is 18.2 Å². The molecule has 0 bridgehead atoms. The summed E-state index contributed by atoms with van der Waals surface area (Å²) in [7, 11) is 0. The summed E-state index contributed by atoms with van der Waals surface area (Å²) in [4.78, 5) is 22.2. The fourth-order valence-corrected chi connectivity index (χ4v) is 1.48. The van der Waals surface area contributed by atoms with Crippen LogP contribution in [0.25, 0.3) is 0 Å². The number of carboxylic acid groups (broad SMARTS) is 1. The van der Waals surface area contributed by atoms with Crippen molar-refractivity contribution in [3.8, 4) is 0 Å². The fraction of sp³-hybridized carbons (Fsp3) is 0.0833. The molecule has 0 saturated heterocycles. The van der Waals surface area contributed by atoms with Gasteiger partial charge in [0.25, 0.3) is 5.56 Å². The summed E-state index contributed by atoms with van der Waals surface area (Å²) in [5, 5.41) is 12.8. The number of benzene rings is 1. The van der Waals surface area contributed by atoms with Gasteiger partial charge in [0.1, 0.15) is 0 Å². The molecule has 1 N–H and O–H groups in total. The summed E-state index contributed by atoms with van der Waals surface area (Å²) in [5.41, 5.74) is 0.713. The molecule has 5 nitrogen and oxygen atoms in total. The van der Waals surface area contributed by atoms with Gasteiger partial charge in [0.2, 0.25) is 0 Å².